The van der Waals surface area contributed by atoms with E-state index in [1.54, 1.807) is 30.1 Å². The number of carbonyl (C=O) groups is 1. The summed E-state index contributed by atoms with van der Waals surface area (Å²) >= 11 is 5.83. The molecule has 94 valence electrons. The molecule has 0 aliphatic carbocycles. The van der Waals surface area contributed by atoms with Crippen molar-refractivity contribution in [1.82, 2.24) is 19.7 Å². The molecule has 2 heterocycles. The molecule has 0 N–H and O–H groups in total. The molecule has 2 aromatic heterocycles. The lowest BCUT2D eigenvalue weighted by Gasteiger charge is -2.06. The molecule has 0 saturated heterocycles. The molecule has 0 saturated carbocycles. The first-order chi connectivity index (χ1) is 8.66. The largest absolute Gasteiger partial charge is 0.459 e. The molecule has 18 heavy (non-hydrogen) atoms. The maximum Gasteiger partial charge on any atom is 0.358 e. The number of carbonyl (C=O) groups excluding carboxylic acids is 1. The van der Waals surface area contributed by atoms with E-state index in [0.717, 1.165) is 0 Å². The molecule has 0 aromatic carbocycles. The molecule has 2 rings (SSSR count). The third-order valence-corrected chi connectivity index (χ3v) is 2.45. The Morgan fingerprint density at radius 2 is 2.39 bits per heavy atom. The predicted octanol–water partition coefficient (Wildman–Crippen LogP) is 1.49. The van der Waals surface area contributed by atoms with Gasteiger partial charge in [0.25, 0.3) is 0 Å². The molecule has 2 aromatic rings. The van der Waals surface area contributed by atoms with Crippen LogP contribution in [0.25, 0.3) is 0 Å². The minimum Gasteiger partial charge on any atom is -0.459 e. The van der Waals surface area contributed by atoms with Crippen LogP contribution in [0.3, 0.4) is 0 Å². The van der Waals surface area contributed by atoms with Crippen molar-refractivity contribution < 1.29 is 9.53 Å². The molecular formula is C11H11ClN4O2. The average Bonchev–Trinajstić information content (AvgIpc) is 2.85. The molecule has 6 nitrogen and oxygen atoms in total. The van der Waals surface area contributed by atoms with Crippen LogP contribution in [0.2, 0.25) is 5.02 Å². The van der Waals surface area contributed by atoms with Crippen molar-refractivity contribution >= 4 is 17.6 Å². The van der Waals surface area contributed by atoms with Crippen LogP contribution in [0, 0.1) is 6.92 Å². The molecule has 7 heteroatoms. The van der Waals surface area contributed by atoms with Crippen molar-refractivity contribution in [2.24, 2.45) is 0 Å². The van der Waals surface area contributed by atoms with Gasteiger partial charge in [-0.1, -0.05) is 11.6 Å². The SMILES string of the molecule is Cc1ncc(Cl)c(C(=O)OCCn2cccn2)n1. The lowest BCUT2D eigenvalue weighted by molar-refractivity contribution is 0.0480. The second kappa shape index (κ2) is 5.59. The summed E-state index contributed by atoms with van der Waals surface area (Å²) in [5, 5.41) is 4.18. The van der Waals surface area contributed by atoms with Crippen LogP contribution >= 0.6 is 11.6 Å². The van der Waals surface area contributed by atoms with Crippen molar-refractivity contribution in [3.8, 4) is 0 Å². The Kier molecular flexibility index (Phi) is 3.88. The van der Waals surface area contributed by atoms with Crippen molar-refractivity contribution in [3.05, 3.63) is 41.2 Å². The maximum absolute atomic E-state index is 11.7. The van der Waals surface area contributed by atoms with Gasteiger partial charge in [0.15, 0.2) is 5.69 Å². The normalized spacial score (nSPS) is 10.3. The summed E-state index contributed by atoms with van der Waals surface area (Å²) < 4.78 is 6.73. The quantitative estimate of drug-likeness (QED) is 0.784. The van der Waals surface area contributed by atoms with Crippen LogP contribution in [0.15, 0.2) is 24.7 Å². The van der Waals surface area contributed by atoms with Crippen molar-refractivity contribution in [2.75, 3.05) is 6.61 Å². The number of hydrogen-bond acceptors (Lipinski definition) is 5. The van der Waals surface area contributed by atoms with Gasteiger partial charge in [-0.3, -0.25) is 4.68 Å². The van der Waals surface area contributed by atoms with Crippen LogP contribution in [-0.4, -0.2) is 32.3 Å². The van der Waals surface area contributed by atoms with Crippen molar-refractivity contribution in [1.29, 1.82) is 0 Å². The van der Waals surface area contributed by atoms with Gasteiger partial charge in [0, 0.05) is 12.4 Å². The summed E-state index contributed by atoms with van der Waals surface area (Å²) in [4.78, 5) is 19.5. The highest BCUT2D eigenvalue weighted by Gasteiger charge is 2.14. The van der Waals surface area contributed by atoms with Gasteiger partial charge in [0.2, 0.25) is 0 Å². The van der Waals surface area contributed by atoms with Crippen LogP contribution < -0.4 is 0 Å². The Hall–Kier alpha value is -1.95. The summed E-state index contributed by atoms with van der Waals surface area (Å²) in [5.41, 5.74) is 0.0876. The van der Waals surface area contributed by atoms with Crippen LogP contribution in [0.5, 0.6) is 0 Å². The number of nitrogens with zero attached hydrogens (tertiary/aromatic N) is 4. The highest BCUT2D eigenvalue weighted by molar-refractivity contribution is 6.33. The first kappa shape index (κ1) is 12.5. The van der Waals surface area contributed by atoms with Gasteiger partial charge >= 0.3 is 5.97 Å². The zero-order chi connectivity index (χ0) is 13.0. The number of ether oxygens (including phenoxy) is 1. The molecule has 0 amide bonds. The van der Waals surface area contributed by atoms with E-state index in [2.05, 4.69) is 15.1 Å². The summed E-state index contributed by atoms with van der Waals surface area (Å²) in [6.45, 7) is 2.37. The van der Waals surface area contributed by atoms with E-state index in [4.69, 9.17) is 16.3 Å². The zero-order valence-corrected chi connectivity index (χ0v) is 10.5. The topological polar surface area (TPSA) is 69.9 Å². The second-order valence-electron chi connectivity index (χ2n) is 3.52. The van der Waals surface area contributed by atoms with Gasteiger partial charge in [-0.15, -0.1) is 0 Å². The third kappa shape index (κ3) is 3.04. The fourth-order valence-electron chi connectivity index (χ4n) is 1.33. The van der Waals surface area contributed by atoms with E-state index in [0.29, 0.717) is 12.4 Å². The number of hydrogen-bond donors (Lipinski definition) is 0. The fraction of sp³-hybridized carbons (Fsp3) is 0.273. The number of aromatic nitrogens is 4. The zero-order valence-electron chi connectivity index (χ0n) is 9.71. The van der Waals surface area contributed by atoms with Gasteiger partial charge in [-0.25, -0.2) is 14.8 Å². The predicted molar refractivity (Wildman–Crippen MR) is 64.3 cm³/mol. The van der Waals surface area contributed by atoms with Crippen LogP contribution in [0.4, 0.5) is 0 Å². The Labute approximate surface area is 109 Å². The lowest BCUT2D eigenvalue weighted by atomic mass is 10.4. The summed E-state index contributed by atoms with van der Waals surface area (Å²) in [6, 6.07) is 1.80. The Morgan fingerprint density at radius 1 is 1.56 bits per heavy atom. The number of halogens is 1. The molecule has 0 radical (unpaired) electrons. The summed E-state index contributed by atoms with van der Waals surface area (Å²) in [7, 11) is 0. The number of esters is 1. The van der Waals surface area contributed by atoms with Crippen LogP contribution in [-0.2, 0) is 11.3 Å². The standard InChI is InChI=1S/C11H11ClN4O2/c1-8-13-7-9(12)10(15-8)11(17)18-6-5-16-4-2-3-14-16/h2-4,7H,5-6H2,1H3. The smallest absolute Gasteiger partial charge is 0.358 e. The van der Waals surface area contributed by atoms with Gasteiger partial charge in [0.1, 0.15) is 12.4 Å². The molecule has 0 fully saturated rings. The Morgan fingerprint density at radius 3 is 3.11 bits per heavy atom. The van der Waals surface area contributed by atoms with Crippen molar-refractivity contribution in [2.45, 2.75) is 13.5 Å². The van der Waals surface area contributed by atoms with Gasteiger partial charge in [-0.2, -0.15) is 5.10 Å². The lowest BCUT2D eigenvalue weighted by Crippen LogP contribution is -2.14. The van der Waals surface area contributed by atoms with E-state index in [1.165, 1.54) is 6.20 Å². The summed E-state index contributed by atoms with van der Waals surface area (Å²) in [6.07, 6.45) is 4.83. The molecular weight excluding hydrogens is 256 g/mol. The molecule has 0 aliphatic rings. The van der Waals surface area contributed by atoms with E-state index in [9.17, 15) is 4.79 Å². The molecule has 0 aliphatic heterocycles. The maximum atomic E-state index is 11.7. The highest BCUT2D eigenvalue weighted by atomic mass is 35.5. The number of aryl methyl sites for hydroxylation is 1. The van der Waals surface area contributed by atoms with E-state index < -0.39 is 5.97 Å². The van der Waals surface area contributed by atoms with Gasteiger partial charge in [-0.05, 0) is 13.0 Å². The first-order valence-corrected chi connectivity index (χ1v) is 5.68. The molecule has 0 atom stereocenters. The second-order valence-corrected chi connectivity index (χ2v) is 3.93. The minimum absolute atomic E-state index is 0.0876. The molecule has 0 spiro atoms. The highest BCUT2D eigenvalue weighted by Crippen LogP contribution is 2.13. The third-order valence-electron chi connectivity index (χ3n) is 2.17. The molecule has 0 unspecified atom stereocenters. The minimum atomic E-state index is -0.558. The number of rotatable bonds is 4. The van der Waals surface area contributed by atoms with Crippen molar-refractivity contribution in [3.63, 3.8) is 0 Å². The Balaban J connectivity index is 1.93. The van der Waals surface area contributed by atoms with E-state index >= 15 is 0 Å². The van der Waals surface area contributed by atoms with E-state index in [-0.39, 0.29) is 17.3 Å². The molecule has 0 bridgehead atoms. The summed E-state index contributed by atoms with van der Waals surface area (Å²) in [5.74, 6) is -0.0870. The first-order valence-electron chi connectivity index (χ1n) is 5.30. The van der Waals surface area contributed by atoms with Crippen LogP contribution in [0.1, 0.15) is 16.3 Å². The fourth-order valence-corrected chi connectivity index (χ4v) is 1.50. The monoisotopic (exact) mass is 266 g/mol. The van der Waals surface area contributed by atoms with Gasteiger partial charge in [0.05, 0.1) is 17.8 Å². The van der Waals surface area contributed by atoms with E-state index in [1.807, 2.05) is 0 Å². The van der Waals surface area contributed by atoms with Gasteiger partial charge < -0.3 is 4.74 Å². The average molecular weight is 267 g/mol. The Bertz CT molecular complexity index is 542.